The first-order valence-corrected chi connectivity index (χ1v) is 8.43. The lowest BCUT2D eigenvalue weighted by atomic mass is 10.1. The van der Waals surface area contributed by atoms with Crippen LogP contribution in [0, 0.1) is 11.3 Å². The van der Waals surface area contributed by atoms with E-state index >= 15 is 0 Å². The summed E-state index contributed by atoms with van der Waals surface area (Å²) < 4.78 is 5.16. The van der Waals surface area contributed by atoms with E-state index in [1.165, 1.54) is 11.3 Å². The van der Waals surface area contributed by atoms with Gasteiger partial charge in [-0.25, -0.2) is 4.98 Å². The molecule has 5 heteroatoms. The van der Waals surface area contributed by atoms with E-state index in [0.717, 1.165) is 22.6 Å². The average molecular weight is 353 g/mol. The van der Waals surface area contributed by atoms with Gasteiger partial charge in [0.05, 0.1) is 18.4 Å². The number of nitrogens with zero attached hydrogens (tertiary/aromatic N) is 2. The lowest BCUT2D eigenvalue weighted by Crippen LogP contribution is -1.84. The Morgan fingerprint density at radius 3 is 2.71 bits per heavy atom. The molecule has 0 atom stereocenters. The number of methoxy groups -OCH3 is 1. The summed E-state index contributed by atoms with van der Waals surface area (Å²) in [6, 6.07) is 17.3. The van der Waals surface area contributed by atoms with Crippen LogP contribution in [0.25, 0.3) is 22.9 Å². The minimum Gasteiger partial charge on any atom is -0.497 e. The first-order valence-electron chi connectivity index (χ1n) is 7.17. The summed E-state index contributed by atoms with van der Waals surface area (Å²) in [5.74, 6) is 0.799. The van der Waals surface area contributed by atoms with Crippen LogP contribution < -0.4 is 4.74 Å². The van der Waals surface area contributed by atoms with Gasteiger partial charge in [-0.05, 0) is 48.0 Å². The highest BCUT2D eigenvalue weighted by molar-refractivity contribution is 7.11. The number of rotatable bonds is 4. The Bertz CT molecular complexity index is 923. The number of nitriles is 1. The van der Waals surface area contributed by atoms with Gasteiger partial charge < -0.3 is 4.74 Å². The lowest BCUT2D eigenvalue weighted by molar-refractivity contribution is 0.415. The van der Waals surface area contributed by atoms with E-state index in [9.17, 15) is 5.26 Å². The number of benzene rings is 2. The number of ether oxygens (including phenoxy) is 1. The Balaban J connectivity index is 1.91. The van der Waals surface area contributed by atoms with Crippen molar-refractivity contribution in [1.82, 2.24) is 4.98 Å². The van der Waals surface area contributed by atoms with Crippen LogP contribution in [0.3, 0.4) is 0 Å². The predicted octanol–water partition coefficient (Wildman–Crippen LogP) is 5.54. The van der Waals surface area contributed by atoms with E-state index in [1.54, 1.807) is 19.3 Å². The van der Waals surface area contributed by atoms with E-state index in [2.05, 4.69) is 11.1 Å². The molecule has 1 heterocycles. The summed E-state index contributed by atoms with van der Waals surface area (Å²) >= 11 is 7.44. The van der Waals surface area contributed by atoms with Crippen molar-refractivity contribution >= 4 is 34.6 Å². The zero-order chi connectivity index (χ0) is 16.9. The Morgan fingerprint density at radius 1 is 1.25 bits per heavy atom. The van der Waals surface area contributed by atoms with Crippen LogP contribution in [0.2, 0.25) is 5.02 Å². The van der Waals surface area contributed by atoms with Gasteiger partial charge in [-0.3, -0.25) is 0 Å². The topological polar surface area (TPSA) is 45.9 Å². The highest BCUT2D eigenvalue weighted by Crippen LogP contribution is 2.28. The number of hydrogen-bond acceptors (Lipinski definition) is 4. The van der Waals surface area contributed by atoms with Crippen LogP contribution in [-0.2, 0) is 0 Å². The molecule has 0 aliphatic heterocycles. The zero-order valence-corrected chi connectivity index (χ0v) is 14.4. The molecule has 1 aromatic heterocycles. The van der Waals surface area contributed by atoms with Crippen molar-refractivity contribution in [3.63, 3.8) is 0 Å². The molecule has 0 fully saturated rings. The van der Waals surface area contributed by atoms with Crippen molar-refractivity contribution < 1.29 is 4.74 Å². The maximum atomic E-state index is 9.46. The van der Waals surface area contributed by atoms with Crippen molar-refractivity contribution in [3.8, 4) is 23.1 Å². The predicted molar refractivity (Wildman–Crippen MR) is 99.0 cm³/mol. The summed E-state index contributed by atoms with van der Waals surface area (Å²) in [5, 5.41) is 12.7. The molecule has 0 amide bonds. The maximum Gasteiger partial charge on any atom is 0.134 e. The fourth-order valence-corrected chi connectivity index (χ4v) is 3.19. The molecule has 3 nitrogen and oxygen atoms in total. The van der Waals surface area contributed by atoms with Gasteiger partial charge in [-0.2, -0.15) is 5.26 Å². The highest BCUT2D eigenvalue weighted by atomic mass is 35.5. The summed E-state index contributed by atoms with van der Waals surface area (Å²) in [6.45, 7) is 0. The minimum atomic E-state index is 0.516. The molecule has 0 N–H and O–H groups in total. The second-order valence-corrected chi connectivity index (χ2v) is 6.29. The molecule has 0 spiro atoms. The van der Waals surface area contributed by atoms with Crippen LogP contribution in [-0.4, -0.2) is 12.1 Å². The van der Waals surface area contributed by atoms with E-state index in [1.807, 2.05) is 47.8 Å². The Morgan fingerprint density at radius 2 is 2.04 bits per heavy atom. The molecule has 0 bridgehead atoms. The van der Waals surface area contributed by atoms with Crippen LogP contribution in [0.1, 0.15) is 10.6 Å². The molecule has 3 aromatic rings. The van der Waals surface area contributed by atoms with Gasteiger partial charge in [0.15, 0.2) is 0 Å². The van der Waals surface area contributed by atoms with Gasteiger partial charge in [-0.1, -0.05) is 23.7 Å². The van der Waals surface area contributed by atoms with Gasteiger partial charge in [-0.15, -0.1) is 11.3 Å². The molecule has 118 valence electrons. The lowest BCUT2D eigenvalue weighted by Gasteiger charge is -2.00. The molecule has 0 aliphatic carbocycles. The Labute approximate surface area is 149 Å². The van der Waals surface area contributed by atoms with Gasteiger partial charge in [0, 0.05) is 16.0 Å². The van der Waals surface area contributed by atoms with Crippen LogP contribution >= 0.6 is 22.9 Å². The van der Waals surface area contributed by atoms with Crippen molar-refractivity contribution in [2.45, 2.75) is 0 Å². The molecular weight excluding hydrogens is 340 g/mol. The first kappa shape index (κ1) is 16.3. The van der Waals surface area contributed by atoms with E-state index in [0.29, 0.717) is 15.6 Å². The summed E-state index contributed by atoms with van der Waals surface area (Å²) in [7, 11) is 1.63. The Kier molecular flexibility index (Phi) is 4.95. The fraction of sp³-hybridized carbons (Fsp3) is 0.0526. The maximum absolute atomic E-state index is 9.46. The van der Waals surface area contributed by atoms with E-state index in [-0.39, 0.29) is 0 Å². The van der Waals surface area contributed by atoms with Gasteiger partial charge in [0.2, 0.25) is 0 Å². The van der Waals surface area contributed by atoms with E-state index < -0.39 is 0 Å². The molecule has 0 unspecified atom stereocenters. The van der Waals surface area contributed by atoms with E-state index in [4.69, 9.17) is 16.3 Å². The van der Waals surface area contributed by atoms with Gasteiger partial charge >= 0.3 is 0 Å². The number of hydrogen-bond donors (Lipinski definition) is 0. The van der Waals surface area contributed by atoms with Gasteiger partial charge in [0.25, 0.3) is 0 Å². The van der Waals surface area contributed by atoms with Crippen molar-refractivity contribution in [2.24, 2.45) is 0 Å². The molecule has 0 saturated heterocycles. The molecule has 24 heavy (non-hydrogen) atoms. The quantitative estimate of drug-likeness (QED) is 0.579. The number of thiazole rings is 1. The van der Waals surface area contributed by atoms with Crippen molar-refractivity contribution in [2.75, 3.05) is 7.11 Å². The number of halogens is 1. The molecular formula is C19H13ClN2OS. The third-order valence-electron chi connectivity index (χ3n) is 3.40. The standard InChI is InChI=1S/C19H13ClN2OS/c1-23-17-7-5-14(6-8-17)18-12-24-19(22-18)15(11-21)9-13-3-2-4-16(20)10-13/h2-10,12H,1H3/b15-9+. The normalized spacial score (nSPS) is 11.1. The molecule has 3 rings (SSSR count). The SMILES string of the molecule is COc1ccc(-c2csc(/C(C#N)=C/c3cccc(Cl)c3)n2)cc1. The monoisotopic (exact) mass is 352 g/mol. The molecule has 0 radical (unpaired) electrons. The second kappa shape index (κ2) is 7.31. The average Bonchev–Trinajstić information content (AvgIpc) is 3.10. The molecule has 0 aliphatic rings. The van der Waals surface area contributed by atoms with Gasteiger partial charge in [0.1, 0.15) is 16.8 Å². The minimum absolute atomic E-state index is 0.516. The summed E-state index contributed by atoms with van der Waals surface area (Å²) in [6.07, 6.45) is 1.79. The third-order valence-corrected chi connectivity index (χ3v) is 4.51. The van der Waals surface area contributed by atoms with Crippen molar-refractivity contribution in [3.05, 3.63) is 69.5 Å². The summed E-state index contributed by atoms with van der Waals surface area (Å²) in [5.41, 5.74) is 3.21. The van der Waals surface area contributed by atoms with Crippen molar-refractivity contribution in [1.29, 1.82) is 5.26 Å². The van der Waals surface area contributed by atoms with Crippen LogP contribution in [0.4, 0.5) is 0 Å². The summed E-state index contributed by atoms with van der Waals surface area (Å²) in [4.78, 5) is 4.58. The second-order valence-electron chi connectivity index (χ2n) is 4.99. The highest BCUT2D eigenvalue weighted by Gasteiger charge is 2.09. The zero-order valence-electron chi connectivity index (χ0n) is 12.9. The first-order chi connectivity index (χ1) is 11.7. The molecule has 2 aromatic carbocycles. The molecule has 0 saturated carbocycles. The largest absolute Gasteiger partial charge is 0.497 e. The van der Waals surface area contributed by atoms with Crippen LogP contribution in [0.5, 0.6) is 5.75 Å². The number of aromatic nitrogens is 1. The Hall–Kier alpha value is -2.61. The van der Waals surface area contributed by atoms with Crippen LogP contribution in [0.15, 0.2) is 53.9 Å². The fourth-order valence-electron chi connectivity index (χ4n) is 2.20. The smallest absolute Gasteiger partial charge is 0.134 e. The number of allylic oxidation sites excluding steroid dienone is 1. The third kappa shape index (κ3) is 3.65.